The second-order valence-electron chi connectivity index (χ2n) is 3.69. The molecule has 1 aromatic rings. The average Bonchev–Trinajstić information content (AvgIpc) is 2.71. The Morgan fingerprint density at radius 3 is 2.88 bits per heavy atom. The van der Waals surface area contributed by atoms with E-state index in [1.807, 2.05) is 0 Å². The number of carbonyl (C=O) groups excluding carboxylic acids is 2. The van der Waals surface area contributed by atoms with Crippen molar-refractivity contribution in [1.29, 1.82) is 0 Å². The minimum Gasteiger partial charge on any atom is -0.469 e. The summed E-state index contributed by atoms with van der Waals surface area (Å²) in [5, 5.41) is 0. The monoisotopic (exact) mass is 236 g/mol. The minimum absolute atomic E-state index is 0.114. The van der Waals surface area contributed by atoms with Crippen LogP contribution in [0.1, 0.15) is 6.42 Å². The maximum atomic E-state index is 11.8. The topological polar surface area (TPSA) is 98.4 Å². The largest absolute Gasteiger partial charge is 0.469 e. The molecule has 7 nitrogen and oxygen atoms in total. The first-order chi connectivity index (χ1) is 8.13. The third kappa shape index (κ3) is 2.03. The van der Waals surface area contributed by atoms with E-state index in [4.69, 9.17) is 5.73 Å². The molecule has 1 atom stereocenters. The molecular weight excluding hydrogens is 224 g/mol. The van der Waals surface area contributed by atoms with Gasteiger partial charge in [0.15, 0.2) is 11.6 Å². The Balaban J connectivity index is 2.22. The van der Waals surface area contributed by atoms with Crippen LogP contribution in [0.2, 0.25) is 0 Å². The van der Waals surface area contributed by atoms with Crippen LogP contribution < -0.4 is 10.6 Å². The SMILES string of the molecule is COC(=O)C1CC(=O)N(c2nccnc2N)C1. The molecule has 2 rings (SSSR count). The van der Waals surface area contributed by atoms with E-state index in [-0.39, 0.29) is 24.7 Å². The van der Waals surface area contributed by atoms with E-state index in [9.17, 15) is 9.59 Å². The van der Waals surface area contributed by atoms with E-state index in [0.29, 0.717) is 5.82 Å². The van der Waals surface area contributed by atoms with Gasteiger partial charge in [0.2, 0.25) is 5.91 Å². The highest BCUT2D eigenvalue weighted by Gasteiger charge is 2.37. The lowest BCUT2D eigenvalue weighted by molar-refractivity contribution is -0.145. The summed E-state index contributed by atoms with van der Waals surface area (Å²) in [6, 6.07) is 0. The number of carbonyl (C=O) groups is 2. The fourth-order valence-electron chi connectivity index (χ4n) is 1.79. The molecule has 7 heteroatoms. The summed E-state index contributed by atoms with van der Waals surface area (Å²) in [5.41, 5.74) is 5.63. The first kappa shape index (κ1) is 11.3. The van der Waals surface area contributed by atoms with Crippen molar-refractivity contribution < 1.29 is 14.3 Å². The van der Waals surface area contributed by atoms with Crippen LogP contribution >= 0.6 is 0 Å². The van der Waals surface area contributed by atoms with Crippen molar-refractivity contribution in [2.45, 2.75) is 6.42 Å². The molecule has 1 aliphatic heterocycles. The Morgan fingerprint density at radius 2 is 2.24 bits per heavy atom. The van der Waals surface area contributed by atoms with E-state index >= 15 is 0 Å². The lowest BCUT2D eigenvalue weighted by Gasteiger charge is -2.15. The normalized spacial score (nSPS) is 19.5. The fourth-order valence-corrected chi connectivity index (χ4v) is 1.79. The Labute approximate surface area is 97.6 Å². The van der Waals surface area contributed by atoms with Crippen molar-refractivity contribution >= 4 is 23.5 Å². The molecule has 1 fully saturated rings. The second kappa shape index (κ2) is 4.36. The summed E-state index contributed by atoms with van der Waals surface area (Å²) in [4.78, 5) is 32.3. The molecule has 0 radical (unpaired) electrons. The number of aromatic nitrogens is 2. The zero-order valence-electron chi connectivity index (χ0n) is 9.29. The summed E-state index contributed by atoms with van der Waals surface area (Å²) in [5.74, 6) is -0.597. The Bertz CT molecular complexity index is 463. The van der Waals surface area contributed by atoms with Gasteiger partial charge in [-0.2, -0.15) is 0 Å². The lowest BCUT2D eigenvalue weighted by Crippen LogP contribution is -2.28. The van der Waals surface area contributed by atoms with Crippen molar-refractivity contribution in [2.24, 2.45) is 5.92 Å². The zero-order valence-corrected chi connectivity index (χ0v) is 9.29. The molecule has 0 bridgehead atoms. The molecule has 1 saturated heterocycles. The lowest BCUT2D eigenvalue weighted by atomic mass is 10.1. The Hall–Kier alpha value is -2.18. The summed E-state index contributed by atoms with van der Waals surface area (Å²) in [6.45, 7) is 0.231. The molecule has 2 heterocycles. The number of rotatable bonds is 2. The van der Waals surface area contributed by atoms with Gasteiger partial charge in [0.05, 0.1) is 13.0 Å². The predicted molar refractivity (Wildman–Crippen MR) is 58.9 cm³/mol. The maximum absolute atomic E-state index is 11.8. The average molecular weight is 236 g/mol. The number of hydrogen-bond donors (Lipinski definition) is 1. The van der Waals surface area contributed by atoms with Crippen LogP contribution in [0, 0.1) is 5.92 Å². The van der Waals surface area contributed by atoms with Crippen LogP contribution in [0.15, 0.2) is 12.4 Å². The predicted octanol–water partition coefficient (Wildman–Crippen LogP) is -0.415. The summed E-state index contributed by atoms with van der Waals surface area (Å²) >= 11 is 0. The molecule has 90 valence electrons. The highest BCUT2D eigenvalue weighted by molar-refractivity contribution is 6.00. The number of methoxy groups -OCH3 is 1. The van der Waals surface area contributed by atoms with Crippen molar-refractivity contribution in [3.8, 4) is 0 Å². The van der Waals surface area contributed by atoms with Crippen LogP contribution in [0.4, 0.5) is 11.6 Å². The Kier molecular flexibility index (Phi) is 2.90. The van der Waals surface area contributed by atoms with Gasteiger partial charge in [0, 0.05) is 25.4 Å². The van der Waals surface area contributed by atoms with E-state index in [0.717, 1.165) is 0 Å². The molecule has 1 aliphatic rings. The van der Waals surface area contributed by atoms with Crippen molar-refractivity contribution in [3.05, 3.63) is 12.4 Å². The number of nitrogen functional groups attached to an aromatic ring is 1. The van der Waals surface area contributed by atoms with Gasteiger partial charge in [0.1, 0.15) is 0 Å². The van der Waals surface area contributed by atoms with E-state index in [2.05, 4.69) is 14.7 Å². The minimum atomic E-state index is -0.464. The fraction of sp³-hybridized carbons (Fsp3) is 0.400. The van der Waals surface area contributed by atoms with Gasteiger partial charge in [-0.15, -0.1) is 0 Å². The van der Waals surface area contributed by atoms with Gasteiger partial charge in [-0.1, -0.05) is 0 Å². The highest BCUT2D eigenvalue weighted by atomic mass is 16.5. The highest BCUT2D eigenvalue weighted by Crippen LogP contribution is 2.26. The summed E-state index contributed by atoms with van der Waals surface area (Å²) in [6.07, 6.45) is 3.00. The maximum Gasteiger partial charge on any atom is 0.311 e. The second-order valence-corrected chi connectivity index (χ2v) is 3.69. The van der Waals surface area contributed by atoms with Crippen molar-refractivity contribution in [2.75, 3.05) is 24.3 Å². The van der Waals surface area contributed by atoms with Crippen LogP contribution in [-0.2, 0) is 14.3 Å². The molecule has 17 heavy (non-hydrogen) atoms. The van der Waals surface area contributed by atoms with Crippen LogP contribution in [-0.4, -0.2) is 35.5 Å². The molecule has 0 aliphatic carbocycles. The summed E-state index contributed by atoms with van der Waals surface area (Å²) < 4.78 is 4.61. The number of anilines is 2. The number of nitrogens with two attached hydrogens (primary N) is 1. The first-order valence-electron chi connectivity index (χ1n) is 5.08. The standard InChI is InChI=1S/C10H12N4O3/c1-17-10(16)6-4-7(15)14(5-6)9-8(11)12-2-3-13-9/h2-3,6H,4-5H2,1H3,(H2,11,12). The van der Waals surface area contributed by atoms with Gasteiger partial charge in [0.25, 0.3) is 0 Å². The van der Waals surface area contributed by atoms with Gasteiger partial charge in [-0.05, 0) is 0 Å². The zero-order chi connectivity index (χ0) is 12.4. The Morgan fingerprint density at radius 1 is 1.53 bits per heavy atom. The number of esters is 1. The number of hydrogen-bond acceptors (Lipinski definition) is 6. The first-order valence-corrected chi connectivity index (χ1v) is 5.08. The smallest absolute Gasteiger partial charge is 0.311 e. The van der Waals surface area contributed by atoms with Gasteiger partial charge in [-0.25, -0.2) is 9.97 Å². The molecule has 0 spiro atoms. The van der Waals surface area contributed by atoms with Crippen LogP contribution in [0.3, 0.4) is 0 Å². The van der Waals surface area contributed by atoms with Gasteiger partial charge >= 0.3 is 5.97 Å². The number of amides is 1. The van der Waals surface area contributed by atoms with E-state index < -0.39 is 11.9 Å². The molecule has 1 aromatic heterocycles. The number of ether oxygens (including phenoxy) is 1. The molecule has 0 aromatic carbocycles. The van der Waals surface area contributed by atoms with E-state index in [1.54, 1.807) is 0 Å². The van der Waals surface area contributed by atoms with Crippen LogP contribution in [0.25, 0.3) is 0 Å². The van der Waals surface area contributed by atoms with Gasteiger partial charge in [-0.3, -0.25) is 14.5 Å². The van der Waals surface area contributed by atoms with E-state index in [1.165, 1.54) is 24.4 Å². The molecular formula is C10H12N4O3. The summed E-state index contributed by atoms with van der Waals surface area (Å²) in [7, 11) is 1.30. The third-order valence-electron chi connectivity index (χ3n) is 2.62. The quantitative estimate of drug-likeness (QED) is 0.700. The van der Waals surface area contributed by atoms with Crippen molar-refractivity contribution in [3.63, 3.8) is 0 Å². The molecule has 1 amide bonds. The molecule has 2 N–H and O–H groups in total. The van der Waals surface area contributed by atoms with Crippen LogP contribution in [0.5, 0.6) is 0 Å². The molecule has 1 unspecified atom stereocenters. The van der Waals surface area contributed by atoms with Crippen molar-refractivity contribution in [1.82, 2.24) is 9.97 Å². The van der Waals surface area contributed by atoms with Gasteiger partial charge < -0.3 is 10.5 Å². The molecule has 0 saturated carbocycles. The third-order valence-corrected chi connectivity index (χ3v) is 2.62. The number of nitrogens with zero attached hydrogens (tertiary/aromatic N) is 3.